The second-order valence-electron chi connectivity index (χ2n) is 5.27. The van der Waals surface area contributed by atoms with Crippen LogP contribution in [-0.4, -0.2) is 25.8 Å². The third kappa shape index (κ3) is 3.07. The lowest BCUT2D eigenvalue weighted by Gasteiger charge is -2.05. The monoisotopic (exact) mass is 352 g/mol. The van der Waals surface area contributed by atoms with Crippen LogP contribution in [-0.2, 0) is 11.3 Å². The number of nitrogens with zero attached hydrogens (tertiary/aromatic N) is 4. The average Bonchev–Trinajstić information content (AvgIpc) is 3.25. The maximum Gasteiger partial charge on any atom is 0.369 e. The molecule has 4 aromatic rings. The highest BCUT2D eigenvalue weighted by Gasteiger charge is 2.14. The quantitative estimate of drug-likeness (QED) is 0.416. The summed E-state index contributed by atoms with van der Waals surface area (Å²) in [6.07, 6.45) is 0. The molecule has 0 radical (unpaired) electrons. The zero-order valence-corrected chi connectivity index (χ0v) is 13.7. The summed E-state index contributed by atoms with van der Waals surface area (Å²) in [5.74, 6) is -0.169. The van der Waals surface area contributed by atoms with E-state index in [1.165, 1.54) is 11.3 Å². The van der Waals surface area contributed by atoms with Crippen LogP contribution in [0.1, 0.15) is 0 Å². The lowest BCUT2D eigenvalue weighted by atomic mass is 10.1. The molecule has 0 unspecified atom stereocenters. The van der Waals surface area contributed by atoms with Gasteiger partial charge in [0, 0.05) is 0 Å². The Morgan fingerprint density at radius 1 is 1.04 bits per heavy atom. The molecule has 0 atom stereocenters. The first-order chi connectivity index (χ1) is 12.2. The molecular weight excluding hydrogens is 340 g/mol. The molecule has 0 fully saturated rings. The smallest absolute Gasteiger partial charge is 0.369 e. The minimum absolute atomic E-state index is 0.308. The third-order valence-corrected chi connectivity index (χ3v) is 4.43. The molecule has 0 aliphatic rings. The zero-order chi connectivity index (χ0) is 17.2. The van der Waals surface area contributed by atoms with Crippen LogP contribution < -0.4 is 10.4 Å². The number of aromatic nitrogens is 4. The number of esters is 1. The maximum absolute atomic E-state index is 12.2. The van der Waals surface area contributed by atoms with Crippen LogP contribution in [0.3, 0.4) is 0 Å². The SMILES string of the molecule is O=C(Cn1nnn(-c2cccs2)c1=O)Oc1ccc2ccccc2c1. The van der Waals surface area contributed by atoms with E-state index in [2.05, 4.69) is 10.4 Å². The fraction of sp³-hybridized carbons (Fsp3) is 0.0588. The number of carbonyl (C=O) groups is 1. The van der Waals surface area contributed by atoms with Crippen molar-refractivity contribution in [2.75, 3.05) is 0 Å². The summed E-state index contributed by atoms with van der Waals surface area (Å²) in [5, 5.41) is 12.0. The minimum atomic E-state index is -0.587. The molecule has 2 aromatic carbocycles. The lowest BCUT2D eigenvalue weighted by molar-refractivity contribution is -0.135. The second-order valence-corrected chi connectivity index (χ2v) is 6.19. The molecule has 0 aliphatic heterocycles. The van der Waals surface area contributed by atoms with E-state index in [1.54, 1.807) is 24.3 Å². The predicted octanol–water partition coefficient (Wildman–Crippen LogP) is 2.25. The first-order valence-electron chi connectivity index (χ1n) is 7.47. The molecule has 25 heavy (non-hydrogen) atoms. The Labute approximate surface area is 145 Å². The first-order valence-corrected chi connectivity index (χ1v) is 8.35. The van der Waals surface area contributed by atoms with Gasteiger partial charge in [0.1, 0.15) is 17.3 Å². The average molecular weight is 352 g/mol. The van der Waals surface area contributed by atoms with Gasteiger partial charge in [0.15, 0.2) is 0 Å². The standard InChI is InChI=1S/C17H12N4O3S/c22-16(24-14-8-7-12-4-1-2-5-13(12)10-14)11-20-17(23)21(19-18-20)15-6-3-9-25-15/h1-10H,11H2. The summed E-state index contributed by atoms with van der Waals surface area (Å²) < 4.78 is 7.43. The number of carbonyl (C=O) groups excluding carboxylic acids is 1. The minimum Gasteiger partial charge on any atom is -0.425 e. The molecule has 124 valence electrons. The molecule has 7 nitrogen and oxygen atoms in total. The second kappa shape index (κ2) is 6.33. The number of thiophene rings is 1. The van der Waals surface area contributed by atoms with Crippen molar-refractivity contribution in [1.29, 1.82) is 0 Å². The zero-order valence-electron chi connectivity index (χ0n) is 12.9. The van der Waals surface area contributed by atoms with Crippen molar-refractivity contribution in [2.45, 2.75) is 6.54 Å². The van der Waals surface area contributed by atoms with Gasteiger partial charge in [0.05, 0.1) is 0 Å². The summed E-state index contributed by atoms with van der Waals surface area (Å²) in [6.45, 7) is -0.308. The van der Waals surface area contributed by atoms with Gasteiger partial charge in [-0.2, -0.15) is 9.36 Å². The first kappa shape index (κ1) is 15.3. The van der Waals surface area contributed by atoms with Gasteiger partial charge in [-0.25, -0.2) is 9.59 Å². The Bertz CT molecular complexity index is 1100. The summed E-state index contributed by atoms with van der Waals surface area (Å²) >= 11 is 1.36. The Hall–Kier alpha value is -3.26. The number of rotatable bonds is 4. The highest BCUT2D eigenvalue weighted by atomic mass is 32.1. The Balaban J connectivity index is 1.51. The van der Waals surface area contributed by atoms with Crippen LogP contribution in [0.5, 0.6) is 5.75 Å². The molecule has 2 heterocycles. The maximum atomic E-state index is 12.2. The number of hydrogen-bond acceptors (Lipinski definition) is 6. The van der Waals surface area contributed by atoms with Crippen molar-refractivity contribution in [1.82, 2.24) is 19.8 Å². The van der Waals surface area contributed by atoms with Gasteiger partial charge in [-0.3, -0.25) is 0 Å². The Morgan fingerprint density at radius 3 is 2.68 bits per heavy atom. The van der Waals surface area contributed by atoms with Gasteiger partial charge in [0.25, 0.3) is 0 Å². The molecule has 2 aromatic heterocycles. The third-order valence-electron chi connectivity index (χ3n) is 3.59. The van der Waals surface area contributed by atoms with Crippen LogP contribution in [0.4, 0.5) is 0 Å². The van der Waals surface area contributed by atoms with Crippen molar-refractivity contribution in [3.63, 3.8) is 0 Å². The Kier molecular flexibility index (Phi) is 3.87. The van der Waals surface area contributed by atoms with E-state index >= 15 is 0 Å². The summed E-state index contributed by atoms with van der Waals surface area (Å²) in [5.41, 5.74) is -0.488. The molecule has 0 aliphatic carbocycles. The molecule has 8 heteroatoms. The van der Waals surface area contributed by atoms with Crippen molar-refractivity contribution in [3.05, 3.63) is 70.5 Å². The number of hydrogen-bond donors (Lipinski definition) is 0. The Morgan fingerprint density at radius 2 is 1.88 bits per heavy atom. The number of benzene rings is 2. The number of tetrazole rings is 1. The molecule has 0 saturated heterocycles. The van der Waals surface area contributed by atoms with E-state index in [-0.39, 0.29) is 6.54 Å². The van der Waals surface area contributed by atoms with E-state index in [4.69, 9.17) is 4.74 Å². The van der Waals surface area contributed by atoms with Crippen LogP contribution in [0.15, 0.2) is 64.8 Å². The van der Waals surface area contributed by atoms with Crippen molar-refractivity contribution >= 4 is 28.1 Å². The summed E-state index contributed by atoms with van der Waals surface area (Å²) in [7, 11) is 0. The van der Waals surface area contributed by atoms with Gasteiger partial charge >= 0.3 is 11.7 Å². The van der Waals surface area contributed by atoms with E-state index in [0.29, 0.717) is 10.8 Å². The van der Waals surface area contributed by atoms with Gasteiger partial charge in [0.2, 0.25) is 0 Å². The fourth-order valence-corrected chi connectivity index (χ4v) is 3.09. The van der Waals surface area contributed by atoms with Crippen molar-refractivity contribution in [3.8, 4) is 10.8 Å². The van der Waals surface area contributed by atoms with E-state index in [1.807, 2.05) is 35.7 Å². The molecule has 0 saturated carbocycles. The van der Waals surface area contributed by atoms with E-state index < -0.39 is 11.7 Å². The van der Waals surface area contributed by atoms with Crippen LogP contribution >= 0.6 is 11.3 Å². The van der Waals surface area contributed by atoms with E-state index in [0.717, 1.165) is 20.1 Å². The topological polar surface area (TPSA) is 79.0 Å². The molecule has 0 bridgehead atoms. The lowest BCUT2D eigenvalue weighted by Crippen LogP contribution is -2.28. The number of fused-ring (bicyclic) bond motifs is 1. The van der Waals surface area contributed by atoms with Crippen LogP contribution in [0.2, 0.25) is 0 Å². The molecule has 0 amide bonds. The van der Waals surface area contributed by atoms with Crippen LogP contribution in [0, 0.1) is 0 Å². The molecule has 0 N–H and O–H groups in total. The summed E-state index contributed by atoms with van der Waals surface area (Å²) in [4.78, 5) is 24.3. The normalized spacial score (nSPS) is 10.9. The highest BCUT2D eigenvalue weighted by Crippen LogP contribution is 2.20. The largest absolute Gasteiger partial charge is 0.425 e. The highest BCUT2D eigenvalue weighted by molar-refractivity contribution is 7.12. The number of ether oxygens (including phenoxy) is 1. The van der Waals surface area contributed by atoms with Gasteiger partial charge < -0.3 is 4.74 Å². The predicted molar refractivity (Wildman–Crippen MR) is 93.1 cm³/mol. The molecule has 4 rings (SSSR count). The van der Waals surface area contributed by atoms with Crippen LogP contribution in [0.25, 0.3) is 15.8 Å². The fourth-order valence-electron chi connectivity index (χ4n) is 2.42. The van der Waals surface area contributed by atoms with Gasteiger partial charge in [-0.15, -0.1) is 11.3 Å². The van der Waals surface area contributed by atoms with Crippen molar-refractivity contribution in [2.24, 2.45) is 0 Å². The molecule has 0 spiro atoms. The van der Waals surface area contributed by atoms with Gasteiger partial charge in [-0.05, 0) is 50.8 Å². The molecular formula is C17H12N4O3S. The van der Waals surface area contributed by atoms with Crippen molar-refractivity contribution < 1.29 is 9.53 Å². The summed E-state index contributed by atoms with van der Waals surface area (Å²) in [6, 6.07) is 16.7. The van der Waals surface area contributed by atoms with E-state index in [9.17, 15) is 9.59 Å². The van der Waals surface area contributed by atoms with Gasteiger partial charge in [-0.1, -0.05) is 30.3 Å².